The van der Waals surface area contributed by atoms with Gasteiger partial charge in [-0.05, 0) is 42.8 Å². The molecule has 0 spiro atoms. The molecule has 0 saturated carbocycles. The van der Waals surface area contributed by atoms with Crippen molar-refractivity contribution in [2.24, 2.45) is 0 Å². The van der Waals surface area contributed by atoms with Gasteiger partial charge in [-0.3, -0.25) is 4.98 Å². The van der Waals surface area contributed by atoms with Crippen molar-refractivity contribution in [3.05, 3.63) is 54.1 Å². The molecule has 0 saturated heterocycles. The molecule has 1 heterocycles. The summed E-state index contributed by atoms with van der Waals surface area (Å²) in [5.41, 5.74) is 6.31. The van der Waals surface area contributed by atoms with Gasteiger partial charge in [0.25, 0.3) is 0 Å². The summed E-state index contributed by atoms with van der Waals surface area (Å²) in [5, 5.41) is 0. The molecule has 2 aromatic rings. The van der Waals surface area contributed by atoms with Crippen molar-refractivity contribution in [3.8, 4) is 0 Å². The van der Waals surface area contributed by atoms with Crippen molar-refractivity contribution >= 4 is 15.7 Å². The average Bonchev–Trinajstić information content (AvgIpc) is 2.38. The standard InChI is InChI=1S/C13H14FN3O2S/c1-9(10-4-6-16-7-5-10)17-20(18,19)13-3-2-11(15)8-12(13)14/h2-9,17H,15H2,1H3. The first-order valence-electron chi connectivity index (χ1n) is 5.87. The highest BCUT2D eigenvalue weighted by Crippen LogP contribution is 2.20. The Labute approximate surface area is 116 Å². The molecule has 106 valence electrons. The molecular formula is C13H14FN3O2S. The topological polar surface area (TPSA) is 85.1 Å². The first-order valence-corrected chi connectivity index (χ1v) is 7.36. The van der Waals surface area contributed by atoms with E-state index < -0.39 is 26.8 Å². The van der Waals surface area contributed by atoms with Gasteiger partial charge in [0.2, 0.25) is 10.0 Å². The maximum atomic E-state index is 13.7. The molecule has 0 amide bonds. The first kappa shape index (κ1) is 14.4. The largest absolute Gasteiger partial charge is 0.399 e. The number of nitrogen functional groups attached to an aromatic ring is 1. The van der Waals surface area contributed by atoms with Crippen molar-refractivity contribution in [1.82, 2.24) is 9.71 Å². The molecule has 7 heteroatoms. The van der Waals surface area contributed by atoms with Crippen LogP contribution < -0.4 is 10.5 Å². The van der Waals surface area contributed by atoms with Crippen LogP contribution >= 0.6 is 0 Å². The Hall–Kier alpha value is -1.99. The van der Waals surface area contributed by atoms with Gasteiger partial charge < -0.3 is 5.73 Å². The second-order valence-corrected chi connectivity index (χ2v) is 6.00. The molecule has 20 heavy (non-hydrogen) atoms. The van der Waals surface area contributed by atoms with Crippen LogP contribution in [0.25, 0.3) is 0 Å². The molecule has 0 aliphatic carbocycles. The van der Waals surface area contributed by atoms with Gasteiger partial charge in [0.1, 0.15) is 10.7 Å². The van der Waals surface area contributed by atoms with Crippen molar-refractivity contribution < 1.29 is 12.8 Å². The summed E-state index contributed by atoms with van der Waals surface area (Å²) in [5.74, 6) is -0.876. The number of hydrogen-bond donors (Lipinski definition) is 2. The summed E-state index contributed by atoms with van der Waals surface area (Å²) in [6, 6.07) is 6.34. The first-order chi connectivity index (χ1) is 9.40. The van der Waals surface area contributed by atoms with Crippen molar-refractivity contribution in [2.75, 3.05) is 5.73 Å². The lowest BCUT2D eigenvalue weighted by Gasteiger charge is -2.15. The van der Waals surface area contributed by atoms with Gasteiger partial charge in [0.15, 0.2) is 0 Å². The van der Waals surface area contributed by atoms with Gasteiger partial charge in [-0.2, -0.15) is 0 Å². The fourth-order valence-corrected chi connectivity index (χ4v) is 3.04. The number of benzene rings is 1. The summed E-state index contributed by atoms with van der Waals surface area (Å²) in [4.78, 5) is 3.43. The molecule has 0 radical (unpaired) electrons. The molecule has 2 rings (SSSR count). The summed E-state index contributed by atoms with van der Waals surface area (Å²) >= 11 is 0. The predicted molar refractivity (Wildman–Crippen MR) is 73.8 cm³/mol. The van der Waals surface area contributed by atoms with Crippen LogP contribution in [0.2, 0.25) is 0 Å². The molecule has 1 aromatic carbocycles. The number of hydrogen-bond acceptors (Lipinski definition) is 4. The van der Waals surface area contributed by atoms with Crippen LogP contribution in [0, 0.1) is 5.82 Å². The fraction of sp³-hybridized carbons (Fsp3) is 0.154. The zero-order chi connectivity index (χ0) is 14.8. The molecule has 1 atom stereocenters. The van der Waals surface area contributed by atoms with Gasteiger partial charge in [-0.15, -0.1) is 0 Å². The van der Waals surface area contributed by atoms with E-state index in [1.165, 1.54) is 6.07 Å². The Balaban J connectivity index is 2.28. The Bertz CT molecular complexity index is 705. The number of nitrogens with zero attached hydrogens (tertiary/aromatic N) is 1. The Morgan fingerprint density at radius 1 is 1.25 bits per heavy atom. The molecule has 1 aromatic heterocycles. The Morgan fingerprint density at radius 3 is 2.50 bits per heavy atom. The zero-order valence-electron chi connectivity index (χ0n) is 10.7. The third kappa shape index (κ3) is 3.12. The highest BCUT2D eigenvalue weighted by atomic mass is 32.2. The molecule has 0 fully saturated rings. The second kappa shape index (κ2) is 5.56. The summed E-state index contributed by atoms with van der Waals surface area (Å²) < 4.78 is 40.4. The van der Waals surface area contributed by atoms with Crippen LogP contribution in [-0.4, -0.2) is 13.4 Å². The summed E-state index contributed by atoms with van der Waals surface area (Å²) in [6.45, 7) is 1.67. The van der Waals surface area contributed by atoms with Gasteiger partial charge in [0, 0.05) is 24.1 Å². The number of halogens is 1. The molecule has 0 aliphatic rings. The van der Waals surface area contributed by atoms with Crippen molar-refractivity contribution in [1.29, 1.82) is 0 Å². The minimum atomic E-state index is -3.96. The molecule has 0 bridgehead atoms. The minimum Gasteiger partial charge on any atom is -0.399 e. The second-order valence-electron chi connectivity index (χ2n) is 4.31. The van der Waals surface area contributed by atoms with Crippen LogP contribution in [-0.2, 0) is 10.0 Å². The zero-order valence-corrected chi connectivity index (χ0v) is 11.6. The lowest BCUT2D eigenvalue weighted by molar-refractivity contribution is 0.547. The van der Waals surface area contributed by atoms with Crippen LogP contribution in [0.15, 0.2) is 47.6 Å². The third-order valence-corrected chi connectivity index (χ3v) is 4.36. The highest BCUT2D eigenvalue weighted by Gasteiger charge is 2.22. The lowest BCUT2D eigenvalue weighted by atomic mass is 10.1. The van der Waals surface area contributed by atoms with E-state index in [-0.39, 0.29) is 5.69 Å². The molecular weight excluding hydrogens is 281 g/mol. The highest BCUT2D eigenvalue weighted by molar-refractivity contribution is 7.89. The summed E-state index contributed by atoms with van der Waals surface area (Å²) in [6.07, 6.45) is 3.12. The molecule has 3 N–H and O–H groups in total. The van der Waals surface area contributed by atoms with Crippen molar-refractivity contribution in [3.63, 3.8) is 0 Å². The fourth-order valence-electron chi connectivity index (χ4n) is 1.75. The monoisotopic (exact) mass is 295 g/mol. The Morgan fingerprint density at radius 2 is 1.90 bits per heavy atom. The van der Waals surface area contributed by atoms with Gasteiger partial charge in [-0.25, -0.2) is 17.5 Å². The normalized spacial score (nSPS) is 13.1. The van der Waals surface area contributed by atoms with E-state index in [0.29, 0.717) is 0 Å². The molecule has 5 nitrogen and oxygen atoms in total. The number of rotatable bonds is 4. The van der Waals surface area contributed by atoms with Crippen LogP contribution in [0.1, 0.15) is 18.5 Å². The number of anilines is 1. The number of sulfonamides is 1. The van der Waals surface area contributed by atoms with E-state index in [9.17, 15) is 12.8 Å². The average molecular weight is 295 g/mol. The smallest absolute Gasteiger partial charge is 0.244 e. The minimum absolute atomic E-state index is 0.170. The Kier molecular flexibility index (Phi) is 4.01. The van der Waals surface area contributed by atoms with E-state index in [1.807, 2.05) is 0 Å². The molecule has 1 unspecified atom stereocenters. The number of aromatic nitrogens is 1. The van der Waals surface area contributed by atoms with E-state index in [0.717, 1.165) is 17.7 Å². The van der Waals surface area contributed by atoms with Gasteiger partial charge in [0.05, 0.1) is 0 Å². The quantitative estimate of drug-likeness (QED) is 0.843. The van der Waals surface area contributed by atoms with Crippen molar-refractivity contribution in [2.45, 2.75) is 17.9 Å². The van der Waals surface area contributed by atoms with E-state index >= 15 is 0 Å². The van der Waals surface area contributed by atoms with E-state index in [2.05, 4.69) is 9.71 Å². The van der Waals surface area contributed by atoms with Crippen LogP contribution in [0.4, 0.5) is 10.1 Å². The number of pyridine rings is 1. The predicted octanol–water partition coefficient (Wildman–Crippen LogP) is 1.84. The van der Waals surface area contributed by atoms with E-state index in [4.69, 9.17) is 5.73 Å². The summed E-state index contributed by atoms with van der Waals surface area (Å²) in [7, 11) is -3.96. The number of nitrogens with one attached hydrogen (secondary N) is 1. The lowest BCUT2D eigenvalue weighted by Crippen LogP contribution is -2.27. The maximum Gasteiger partial charge on any atom is 0.244 e. The van der Waals surface area contributed by atoms with E-state index in [1.54, 1.807) is 31.5 Å². The maximum absolute atomic E-state index is 13.7. The van der Waals surface area contributed by atoms with Crippen LogP contribution in [0.3, 0.4) is 0 Å². The number of nitrogens with two attached hydrogens (primary N) is 1. The molecule has 0 aliphatic heterocycles. The van der Waals surface area contributed by atoms with Gasteiger partial charge >= 0.3 is 0 Å². The third-order valence-electron chi connectivity index (χ3n) is 2.78. The van der Waals surface area contributed by atoms with Gasteiger partial charge in [-0.1, -0.05) is 0 Å². The van der Waals surface area contributed by atoms with Crippen LogP contribution in [0.5, 0.6) is 0 Å². The SMILES string of the molecule is CC(NS(=O)(=O)c1ccc(N)cc1F)c1ccncc1.